The molecule has 2 unspecified atom stereocenters. The first-order valence-electron chi connectivity index (χ1n) is 37.9. The Morgan fingerprint density at radius 2 is 0.952 bits per heavy atom. The van der Waals surface area contributed by atoms with Crippen LogP contribution in [0.3, 0.4) is 0 Å². The molecule has 2 aromatic rings. The Kier molecular flexibility index (Phi) is 31.1. The lowest BCUT2D eigenvalue weighted by atomic mass is 9.84. The Bertz CT molecular complexity index is 3380. The van der Waals surface area contributed by atoms with Crippen molar-refractivity contribution in [2.75, 3.05) is 27.3 Å². The first-order valence-corrected chi connectivity index (χ1v) is 37.9. The molecule has 0 radical (unpaired) electrons. The van der Waals surface area contributed by atoms with E-state index in [1.807, 2.05) is 107 Å². The molecule has 26 heteroatoms. The predicted molar refractivity (Wildman–Crippen MR) is 406 cm³/mol. The van der Waals surface area contributed by atoms with Crippen molar-refractivity contribution in [1.29, 1.82) is 0 Å². The summed E-state index contributed by atoms with van der Waals surface area (Å²) >= 11 is 0. The molecule has 105 heavy (non-hydrogen) atoms. The fourth-order valence-electron chi connectivity index (χ4n) is 15.6. The second kappa shape index (κ2) is 37.6. The van der Waals surface area contributed by atoms with Crippen LogP contribution in [0, 0.1) is 50.4 Å². The third kappa shape index (κ3) is 23.0. The number of benzene rings is 2. The Morgan fingerprint density at radius 3 is 1.30 bits per heavy atom. The van der Waals surface area contributed by atoms with Crippen LogP contribution in [0.25, 0.3) is 0 Å². The van der Waals surface area contributed by atoms with Crippen LogP contribution >= 0.6 is 12.4 Å². The highest BCUT2D eigenvalue weighted by molar-refractivity contribution is 6.04. The van der Waals surface area contributed by atoms with Crippen molar-refractivity contribution >= 4 is 71.1 Å². The number of aliphatic carboxylic acids is 1. The van der Waals surface area contributed by atoms with Crippen LogP contribution in [0.2, 0.25) is 0 Å². The molecule has 4 aliphatic carbocycles. The van der Waals surface area contributed by atoms with Gasteiger partial charge in [0.1, 0.15) is 41.8 Å². The third-order valence-corrected chi connectivity index (χ3v) is 21.6. The van der Waals surface area contributed by atoms with E-state index in [1.165, 1.54) is 22.6 Å². The number of rotatable bonds is 25. The van der Waals surface area contributed by atoms with E-state index in [1.54, 1.807) is 14.2 Å². The number of hydrogen-bond donors (Lipinski definition) is 9. The lowest BCUT2D eigenvalue weighted by molar-refractivity contribution is -0.150. The summed E-state index contributed by atoms with van der Waals surface area (Å²) < 4.78 is 11.0. The summed E-state index contributed by atoms with van der Waals surface area (Å²) in [6.45, 7) is 23.3. The van der Waals surface area contributed by atoms with Gasteiger partial charge in [0.05, 0.1) is 44.8 Å². The molecule has 10 N–H and O–H groups in total. The molecule has 0 bridgehead atoms. The number of nitrogens with one attached hydrogen (secondary N) is 5. The highest BCUT2D eigenvalue weighted by atomic mass is 35.5. The average molecular weight is 1490 g/mol. The van der Waals surface area contributed by atoms with Crippen LogP contribution in [0.4, 0.5) is 0 Å². The summed E-state index contributed by atoms with van der Waals surface area (Å²) in [5, 5.41) is 53.9. The largest absolute Gasteiger partial charge is 0.496 e. The van der Waals surface area contributed by atoms with E-state index in [-0.39, 0.29) is 81.5 Å². The van der Waals surface area contributed by atoms with Gasteiger partial charge in [0.25, 0.3) is 11.8 Å². The number of halogens is 1. The van der Waals surface area contributed by atoms with E-state index < -0.39 is 94.2 Å². The van der Waals surface area contributed by atoms with Gasteiger partial charge in [-0.2, -0.15) is 0 Å². The molecule has 588 valence electrons. The molecule has 10 atom stereocenters. The topological polar surface area (TPSA) is 352 Å². The molecular formula is C79H125ClN10O15. The summed E-state index contributed by atoms with van der Waals surface area (Å²) in [5.74, 6) is -1.22. The highest BCUT2D eigenvalue weighted by Gasteiger charge is 2.58. The lowest BCUT2D eigenvalue weighted by Crippen LogP contribution is -2.59. The van der Waals surface area contributed by atoms with Crippen LogP contribution in [-0.2, 0) is 48.0 Å². The standard InChI is InChI=1S/C39H59N5O7.C30H43N3O6.C9H18N2O2.CH4.ClH/c1-8-12-28(32(46)36(48)40-27-15-16-27)41-35(47)30-21-39(20-29(43-51-39)26-17-23(2)33(50-7)24(3)18-26)22-44(30)37(49)34(38(4,5)6)42-31(45)19-25-13-10-9-11-14-25;1-18-12-21(13-19(2)25(18)38-6)22-15-30(39-32-22)16-23(28(36)37)33(17-30)27(35)26(29(3,4)5)31-24(34)14-20-10-8-7-9-11-20;1-2-3-7(10)8(12)9(13)11-6-4-5-6;;/h17-18,25,27-28,30,32,34,46H,8-16,19-22H2,1-7H3,(H,40,48)(H,41,47)(H,42,45);12-13,20,23,26H,7-11,14-17H2,1-6H3,(H,31,34)(H,36,37);6-8,12H,2-5,10H2,1H3,(H,11,13);1H4;1H/t28-,30-,32?,34+,39+;23-,26+,30+;7-,8?;;/m000../s1. The second-order valence-electron chi connectivity index (χ2n) is 32.9. The van der Waals surface area contributed by atoms with E-state index in [2.05, 4.69) is 36.9 Å². The van der Waals surface area contributed by atoms with Gasteiger partial charge < -0.3 is 76.6 Å². The summed E-state index contributed by atoms with van der Waals surface area (Å²) in [6.07, 6.45) is 16.7. The molecule has 7 amide bonds. The van der Waals surface area contributed by atoms with Crippen LogP contribution < -0.4 is 41.8 Å². The van der Waals surface area contributed by atoms with Gasteiger partial charge in [-0.15, -0.1) is 12.4 Å². The second-order valence-corrected chi connectivity index (χ2v) is 32.9. The average Bonchev–Trinajstić information content (AvgIpc) is 1.61. The third-order valence-electron chi connectivity index (χ3n) is 21.6. The fraction of sp³-hybridized carbons (Fsp3) is 0.722. The minimum atomic E-state index is -1.44. The number of carboxylic acid groups (broad SMARTS) is 1. The molecule has 4 heterocycles. The van der Waals surface area contributed by atoms with E-state index in [0.29, 0.717) is 62.5 Å². The number of nitrogens with zero attached hydrogens (tertiary/aromatic N) is 4. The van der Waals surface area contributed by atoms with Crippen LogP contribution in [0.5, 0.6) is 11.5 Å². The summed E-state index contributed by atoms with van der Waals surface area (Å²) in [7, 11) is 3.28. The molecule has 0 aromatic heterocycles. The summed E-state index contributed by atoms with van der Waals surface area (Å²) in [4.78, 5) is 121. The van der Waals surface area contributed by atoms with Gasteiger partial charge in [-0.25, -0.2) is 4.79 Å². The van der Waals surface area contributed by atoms with Crippen molar-refractivity contribution in [2.24, 2.45) is 38.7 Å². The highest BCUT2D eigenvalue weighted by Crippen LogP contribution is 2.43. The number of aryl methyl sites for hydroxylation is 4. The van der Waals surface area contributed by atoms with Crippen molar-refractivity contribution in [1.82, 2.24) is 36.4 Å². The zero-order chi connectivity index (χ0) is 75.5. The number of carboxylic acids is 1. The maximum Gasteiger partial charge on any atom is 0.326 e. The van der Waals surface area contributed by atoms with Gasteiger partial charge in [-0.1, -0.05) is 124 Å². The number of ether oxygens (including phenoxy) is 2. The van der Waals surface area contributed by atoms with Crippen LogP contribution in [0.15, 0.2) is 34.6 Å². The van der Waals surface area contributed by atoms with Crippen molar-refractivity contribution in [3.63, 3.8) is 0 Å². The first-order chi connectivity index (χ1) is 48.6. The predicted octanol–water partition coefficient (Wildman–Crippen LogP) is 9.38. The molecule has 2 saturated heterocycles. The Hall–Kier alpha value is -7.09. The monoisotopic (exact) mass is 1490 g/mol. The molecule has 10 rings (SSSR count). The van der Waals surface area contributed by atoms with Crippen LogP contribution in [0.1, 0.15) is 250 Å². The Morgan fingerprint density at radius 1 is 0.581 bits per heavy atom. The lowest BCUT2D eigenvalue weighted by Gasteiger charge is -2.36. The number of methoxy groups -OCH3 is 2. The number of aliphatic hydroxyl groups is 2. The number of oxime groups is 2. The minimum absolute atomic E-state index is 0. The molecule has 25 nitrogen and oxygen atoms in total. The molecular weight excluding hydrogens is 1360 g/mol. The van der Waals surface area contributed by atoms with E-state index in [0.717, 1.165) is 134 Å². The van der Waals surface area contributed by atoms with E-state index in [4.69, 9.17) is 24.9 Å². The summed E-state index contributed by atoms with van der Waals surface area (Å²) in [6, 6.07) is 3.25. The Labute approximate surface area is 629 Å². The van der Waals surface area contributed by atoms with Gasteiger partial charge in [0, 0.05) is 67.8 Å². The summed E-state index contributed by atoms with van der Waals surface area (Å²) in [5.41, 5.74) is 9.50. The zero-order valence-corrected chi connectivity index (χ0v) is 65.0. The number of amides is 7. The molecule has 2 spiro atoms. The number of hydrogen-bond acceptors (Lipinski definition) is 17. The van der Waals surface area contributed by atoms with Gasteiger partial charge in [0.2, 0.25) is 29.5 Å². The van der Waals surface area contributed by atoms with Gasteiger partial charge in [-0.3, -0.25) is 33.6 Å². The first kappa shape index (κ1) is 86.8. The van der Waals surface area contributed by atoms with E-state index >= 15 is 0 Å². The van der Waals surface area contributed by atoms with Crippen molar-refractivity contribution in [3.05, 3.63) is 57.6 Å². The maximum absolute atomic E-state index is 14.7. The fourth-order valence-corrected chi connectivity index (χ4v) is 15.6. The van der Waals surface area contributed by atoms with Gasteiger partial charge in [-0.05, 0) is 161 Å². The van der Waals surface area contributed by atoms with Crippen molar-refractivity contribution < 1.29 is 72.8 Å². The SMILES string of the molecule is C.CCC[C@H](N)C(O)C(=O)NC1CC1.CCC[C@H](NC(=O)[C@@H]1C[C@]2(CC(c3cc(C)c(OC)c(C)c3)=NO2)CN1C(=O)[C@@H](NC(=O)CC1CCCCC1)C(C)(C)C)C(O)C(=O)NC1CC1.COc1c(C)cc(C2=NO[C@]3(C2)C[C@@H](C(=O)O)N(C(=O)[C@@H](NC(=O)CC2CCCCC2)C(C)(C)C)C3)cc1C.Cl. The molecule has 8 aliphatic rings. The molecule has 4 saturated carbocycles. The number of nitrogens with two attached hydrogens (primary N) is 1. The van der Waals surface area contributed by atoms with Gasteiger partial charge in [0.15, 0.2) is 17.3 Å². The molecule has 6 fully saturated rings. The number of carbonyl (C=O) groups is 8. The number of carbonyl (C=O) groups excluding carboxylic acids is 7. The quantitative estimate of drug-likeness (QED) is 0.0447. The van der Waals surface area contributed by atoms with Gasteiger partial charge >= 0.3 is 5.97 Å². The molecule has 4 aliphatic heterocycles. The minimum Gasteiger partial charge on any atom is -0.496 e. The van der Waals surface area contributed by atoms with Crippen LogP contribution in [-0.4, -0.2) is 183 Å². The maximum atomic E-state index is 14.7. The van der Waals surface area contributed by atoms with Crippen molar-refractivity contribution in [3.8, 4) is 11.5 Å². The number of aliphatic hydroxyl groups excluding tert-OH is 2. The van der Waals surface area contributed by atoms with Crippen molar-refractivity contribution in [2.45, 2.75) is 316 Å². The normalized spacial score (nSPS) is 23.2. The smallest absolute Gasteiger partial charge is 0.326 e. The molecule has 2 aromatic carbocycles. The number of likely N-dealkylation sites (tertiary alicyclic amines) is 2. The Balaban J connectivity index is 0.000000282. The van der Waals surface area contributed by atoms with E-state index in [9.17, 15) is 53.7 Å². The zero-order valence-electron chi connectivity index (χ0n) is 64.1.